The number of fused-ring (bicyclic) bond motifs is 2. The number of carboxylic acid groups (broad SMARTS) is 1. The van der Waals surface area contributed by atoms with Gasteiger partial charge in [-0.2, -0.15) is 0 Å². The Bertz CT molecular complexity index is 745. The minimum atomic E-state index is -0.809. The van der Waals surface area contributed by atoms with Crippen LogP contribution in [0.2, 0.25) is 0 Å². The van der Waals surface area contributed by atoms with Gasteiger partial charge in [-0.25, -0.2) is 0 Å². The fourth-order valence-corrected chi connectivity index (χ4v) is 3.68. The second-order valence-corrected chi connectivity index (χ2v) is 6.37. The number of hydrogen-bond donors (Lipinski definition) is 1. The number of aliphatic carboxylic acids is 1. The molecule has 0 bridgehead atoms. The molecule has 1 heterocycles. The van der Waals surface area contributed by atoms with Crippen LogP contribution in [0.3, 0.4) is 0 Å². The molecule has 0 radical (unpaired) electrons. The maximum Gasteiger partial charge on any atom is 0.310 e. The third kappa shape index (κ3) is 2.41. The number of hydrogen-bond acceptors (Lipinski definition) is 4. The maximum atomic E-state index is 11.2. The number of anilines is 2. The minimum absolute atomic E-state index is 0.513. The van der Waals surface area contributed by atoms with Crippen LogP contribution in [-0.4, -0.2) is 25.2 Å². The highest BCUT2D eigenvalue weighted by atomic mass is 32.2. The molecule has 1 atom stereocenters. The fourth-order valence-electron chi connectivity index (χ4n) is 2.52. The summed E-state index contributed by atoms with van der Waals surface area (Å²) >= 11 is 1.68. The Morgan fingerprint density at radius 1 is 1.18 bits per heavy atom. The topological polar surface area (TPSA) is 49.8 Å². The number of benzene rings is 2. The van der Waals surface area contributed by atoms with Gasteiger partial charge < -0.3 is 14.7 Å². The molecule has 1 aliphatic heterocycles. The van der Waals surface area contributed by atoms with E-state index in [4.69, 9.17) is 4.74 Å². The highest BCUT2D eigenvalue weighted by Crippen LogP contribution is 2.49. The van der Waals surface area contributed by atoms with Gasteiger partial charge >= 0.3 is 5.97 Å². The Morgan fingerprint density at radius 2 is 1.95 bits per heavy atom. The molecular formula is C17H17NO3S. The van der Waals surface area contributed by atoms with E-state index in [1.807, 2.05) is 43.4 Å². The zero-order valence-corrected chi connectivity index (χ0v) is 13.5. The third-order valence-electron chi connectivity index (χ3n) is 3.96. The van der Waals surface area contributed by atoms with Gasteiger partial charge in [0.1, 0.15) is 5.75 Å². The second-order valence-electron chi connectivity index (χ2n) is 5.28. The highest BCUT2D eigenvalue weighted by molar-refractivity contribution is 7.99. The first kappa shape index (κ1) is 14.8. The monoisotopic (exact) mass is 315 g/mol. The van der Waals surface area contributed by atoms with Crippen molar-refractivity contribution in [1.29, 1.82) is 0 Å². The van der Waals surface area contributed by atoms with E-state index < -0.39 is 11.9 Å². The lowest BCUT2D eigenvalue weighted by atomic mass is 10.0. The first-order chi connectivity index (χ1) is 10.5. The summed E-state index contributed by atoms with van der Waals surface area (Å²) in [6.07, 6.45) is 0. The molecule has 0 aliphatic carbocycles. The van der Waals surface area contributed by atoms with Crippen molar-refractivity contribution in [2.75, 3.05) is 19.1 Å². The lowest BCUT2D eigenvalue weighted by Crippen LogP contribution is -2.16. The highest BCUT2D eigenvalue weighted by Gasteiger charge is 2.23. The molecule has 114 valence electrons. The summed E-state index contributed by atoms with van der Waals surface area (Å²) < 4.78 is 5.28. The largest absolute Gasteiger partial charge is 0.497 e. The Balaban J connectivity index is 2.03. The molecule has 4 nitrogen and oxygen atoms in total. The summed E-state index contributed by atoms with van der Waals surface area (Å²) in [6.45, 7) is 1.71. The summed E-state index contributed by atoms with van der Waals surface area (Å²) in [5.41, 5.74) is 2.95. The lowest BCUT2D eigenvalue weighted by molar-refractivity contribution is -0.138. The standard InChI is InChI=1S/C17H17NO3S/c1-10(17(19)20)11-4-7-15-14(8-11)18(2)13-6-5-12(21-3)9-16(13)22-15/h4-10H,1-3H3,(H,19,20)/t10-/m1/s1. The van der Waals surface area contributed by atoms with Crippen molar-refractivity contribution in [3.05, 3.63) is 42.0 Å². The zero-order valence-electron chi connectivity index (χ0n) is 12.7. The van der Waals surface area contributed by atoms with Gasteiger partial charge in [-0.1, -0.05) is 17.8 Å². The van der Waals surface area contributed by atoms with Crippen molar-refractivity contribution in [3.63, 3.8) is 0 Å². The maximum absolute atomic E-state index is 11.2. The van der Waals surface area contributed by atoms with Crippen LogP contribution in [-0.2, 0) is 4.79 Å². The van der Waals surface area contributed by atoms with Gasteiger partial charge in [0.15, 0.2) is 0 Å². The van der Waals surface area contributed by atoms with Gasteiger partial charge in [0.2, 0.25) is 0 Å². The first-order valence-corrected chi connectivity index (χ1v) is 7.79. The van der Waals surface area contributed by atoms with Crippen molar-refractivity contribution in [1.82, 2.24) is 0 Å². The molecule has 1 aliphatic rings. The van der Waals surface area contributed by atoms with Crippen LogP contribution in [0.25, 0.3) is 0 Å². The fraction of sp³-hybridized carbons (Fsp3) is 0.235. The Labute approximate surface area is 133 Å². The molecule has 22 heavy (non-hydrogen) atoms. The first-order valence-electron chi connectivity index (χ1n) is 6.97. The number of rotatable bonds is 3. The van der Waals surface area contributed by atoms with Crippen molar-refractivity contribution < 1.29 is 14.6 Å². The summed E-state index contributed by atoms with van der Waals surface area (Å²) in [6, 6.07) is 11.8. The summed E-state index contributed by atoms with van der Waals surface area (Å²) in [4.78, 5) is 15.5. The zero-order chi connectivity index (χ0) is 15.9. The van der Waals surface area contributed by atoms with E-state index >= 15 is 0 Å². The Kier molecular flexibility index (Phi) is 3.74. The van der Waals surface area contributed by atoms with Crippen LogP contribution in [0, 0.1) is 0 Å². The van der Waals surface area contributed by atoms with Gasteiger partial charge in [-0.15, -0.1) is 0 Å². The molecule has 2 aromatic rings. The molecule has 3 rings (SSSR count). The van der Waals surface area contributed by atoms with Crippen molar-refractivity contribution in [3.8, 4) is 5.75 Å². The summed E-state index contributed by atoms with van der Waals surface area (Å²) in [5, 5.41) is 9.19. The van der Waals surface area contributed by atoms with E-state index in [-0.39, 0.29) is 0 Å². The molecule has 0 unspecified atom stereocenters. The summed E-state index contributed by atoms with van der Waals surface area (Å²) in [5.74, 6) is -0.489. The predicted molar refractivity (Wildman–Crippen MR) is 87.7 cm³/mol. The number of methoxy groups -OCH3 is 1. The molecule has 1 N–H and O–H groups in total. The number of nitrogens with zero attached hydrogens (tertiary/aromatic N) is 1. The number of ether oxygens (including phenoxy) is 1. The molecular weight excluding hydrogens is 298 g/mol. The molecule has 2 aromatic carbocycles. The average Bonchev–Trinajstić information content (AvgIpc) is 2.53. The molecule has 0 fully saturated rings. The van der Waals surface area contributed by atoms with E-state index in [1.165, 1.54) is 0 Å². The normalized spacial score (nSPS) is 14.0. The van der Waals surface area contributed by atoms with Gasteiger partial charge in [0, 0.05) is 16.8 Å². The van der Waals surface area contributed by atoms with Crippen LogP contribution in [0.1, 0.15) is 18.4 Å². The molecule has 0 saturated carbocycles. The molecule has 0 saturated heterocycles. The van der Waals surface area contributed by atoms with E-state index in [0.717, 1.165) is 32.5 Å². The van der Waals surface area contributed by atoms with E-state index in [0.29, 0.717) is 0 Å². The third-order valence-corrected chi connectivity index (χ3v) is 5.08. The SMILES string of the molecule is COc1ccc2c(c1)Sc1ccc([C@@H](C)C(=O)O)cc1N2C. The van der Waals surface area contributed by atoms with Crippen LogP contribution in [0.5, 0.6) is 5.75 Å². The number of carbonyl (C=O) groups is 1. The molecule has 0 spiro atoms. The van der Waals surface area contributed by atoms with Crippen LogP contribution in [0.15, 0.2) is 46.2 Å². The molecule has 0 amide bonds. The van der Waals surface area contributed by atoms with Crippen LogP contribution < -0.4 is 9.64 Å². The Morgan fingerprint density at radius 3 is 2.64 bits per heavy atom. The van der Waals surface area contributed by atoms with Crippen LogP contribution in [0.4, 0.5) is 11.4 Å². The van der Waals surface area contributed by atoms with Crippen molar-refractivity contribution in [2.45, 2.75) is 22.6 Å². The summed E-state index contributed by atoms with van der Waals surface area (Å²) in [7, 11) is 3.66. The molecule has 5 heteroatoms. The van der Waals surface area contributed by atoms with E-state index in [2.05, 4.69) is 4.90 Å². The van der Waals surface area contributed by atoms with Crippen LogP contribution >= 0.6 is 11.8 Å². The average molecular weight is 315 g/mol. The van der Waals surface area contributed by atoms with Crippen molar-refractivity contribution >= 4 is 29.1 Å². The van der Waals surface area contributed by atoms with E-state index in [9.17, 15) is 9.90 Å². The van der Waals surface area contributed by atoms with Gasteiger partial charge in [-0.05, 0) is 42.8 Å². The lowest BCUT2D eigenvalue weighted by Gasteiger charge is -2.30. The van der Waals surface area contributed by atoms with Gasteiger partial charge in [0.05, 0.1) is 24.4 Å². The Hall–Kier alpha value is -2.14. The number of carboxylic acids is 1. The van der Waals surface area contributed by atoms with Gasteiger partial charge in [0.25, 0.3) is 0 Å². The van der Waals surface area contributed by atoms with E-state index in [1.54, 1.807) is 25.8 Å². The quantitative estimate of drug-likeness (QED) is 0.923. The van der Waals surface area contributed by atoms with Gasteiger partial charge in [-0.3, -0.25) is 4.79 Å². The molecule has 0 aromatic heterocycles. The van der Waals surface area contributed by atoms with Crippen molar-refractivity contribution in [2.24, 2.45) is 0 Å². The minimum Gasteiger partial charge on any atom is -0.497 e. The predicted octanol–water partition coefficient (Wildman–Crippen LogP) is 4.12. The second kappa shape index (κ2) is 5.57. The smallest absolute Gasteiger partial charge is 0.310 e.